The minimum absolute atomic E-state index is 0.0924. The van der Waals surface area contributed by atoms with Gasteiger partial charge in [0.05, 0.1) is 16.6 Å². The van der Waals surface area contributed by atoms with E-state index in [1.54, 1.807) is 48.4 Å². The minimum Gasteiger partial charge on any atom is -0.372 e. The van der Waals surface area contributed by atoms with Crippen molar-refractivity contribution in [3.05, 3.63) is 93.0 Å². The zero-order chi connectivity index (χ0) is 22.3. The largest absolute Gasteiger partial charge is 0.372 e. The van der Waals surface area contributed by atoms with Gasteiger partial charge in [-0.1, -0.05) is 17.7 Å². The van der Waals surface area contributed by atoms with Gasteiger partial charge in [0.1, 0.15) is 11.2 Å². The second-order valence-electron chi connectivity index (χ2n) is 8.01. The molecule has 3 heterocycles. The highest BCUT2D eigenvalue weighted by Crippen LogP contribution is 2.47. The quantitative estimate of drug-likeness (QED) is 0.470. The highest BCUT2D eigenvalue weighted by atomic mass is 35.5. The summed E-state index contributed by atoms with van der Waals surface area (Å²) in [4.78, 5) is 25.5. The van der Waals surface area contributed by atoms with Crippen LogP contribution >= 0.6 is 11.6 Å². The Hall–Kier alpha value is -3.76. The molecule has 32 heavy (non-hydrogen) atoms. The van der Waals surface area contributed by atoms with Crippen molar-refractivity contribution in [2.24, 2.45) is 7.05 Å². The van der Waals surface area contributed by atoms with Gasteiger partial charge in [0.15, 0.2) is 5.82 Å². The van der Waals surface area contributed by atoms with Crippen molar-refractivity contribution in [3.8, 4) is 6.07 Å². The molecule has 5 rings (SSSR count). The third kappa shape index (κ3) is 3.49. The van der Waals surface area contributed by atoms with Crippen LogP contribution in [0.1, 0.15) is 35.4 Å². The Bertz CT molecular complexity index is 1440. The number of halogens is 1. The number of pyridine rings is 2. The molecular weight excluding hydrogens is 424 g/mol. The van der Waals surface area contributed by atoms with Gasteiger partial charge < -0.3 is 9.88 Å². The maximum absolute atomic E-state index is 12.6. The normalized spacial score (nSPS) is 14.2. The number of nitrogens with one attached hydrogen (secondary N) is 1. The standard InChI is InChI=1S/C24H19ClN6O/c1-31-20-4-3-15(11-16-5-10-27-22(25)18(16)14-26)12-17(20)19(13-21(31)32)30-24(6-7-24)23-28-8-2-9-29-23/h2-5,8-10,12-13,30H,6-7,11H2,1H3. The van der Waals surface area contributed by atoms with Crippen LogP contribution in [0.3, 0.4) is 0 Å². The molecule has 0 aliphatic heterocycles. The molecule has 1 aliphatic carbocycles. The molecule has 7 nitrogen and oxygen atoms in total. The second kappa shape index (κ2) is 7.74. The Morgan fingerprint density at radius 1 is 1.16 bits per heavy atom. The molecular formula is C24H19ClN6O. The van der Waals surface area contributed by atoms with Gasteiger partial charge in [0.25, 0.3) is 5.56 Å². The average molecular weight is 443 g/mol. The van der Waals surface area contributed by atoms with E-state index in [4.69, 9.17) is 11.6 Å². The molecule has 0 bridgehead atoms. The number of hydrogen-bond donors (Lipinski definition) is 1. The van der Waals surface area contributed by atoms with E-state index in [2.05, 4.69) is 32.4 Å². The lowest BCUT2D eigenvalue weighted by molar-refractivity contribution is 0.725. The van der Waals surface area contributed by atoms with E-state index in [0.717, 1.165) is 46.4 Å². The van der Waals surface area contributed by atoms with Crippen molar-refractivity contribution in [3.63, 3.8) is 0 Å². The van der Waals surface area contributed by atoms with Crippen LogP contribution in [-0.4, -0.2) is 19.5 Å². The smallest absolute Gasteiger partial charge is 0.252 e. The topological polar surface area (TPSA) is 96.5 Å². The summed E-state index contributed by atoms with van der Waals surface area (Å²) in [5.74, 6) is 0.732. The summed E-state index contributed by atoms with van der Waals surface area (Å²) < 4.78 is 1.63. The van der Waals surface area contributed by atoms with Gasteiger partial charge in [-0.3, -0.25) is 4.79 Å². The molecule has 4 aromatic rings. The molecule has 1 fully saturated rings. The highest BCUT2D eigenvalue weighted by molar-refractivity contribution is 6.30. The first kappa shape index (κ1) is 20.2. The van der Waals surface area contributed by atoms with Crippen LogP contribution in [0.5, 0.6) is 0 Å². The lowest BCUT2D eigenvalue weighted by atomic mass is 10.00. The van der Waals surface area contributed by atoms with Crippen LogP contribution in [0.15, 0.2) is 59.8 Å². The van der Waals surface area contributed by atoms with Crippen molar-refractivity contribution in [2.45, 2.75) is 24.8 Å². The van der Waals surface area contributed by atoms with Gasteiger partial charge in [0, 0.05) is 42.8 Å². The molecule has 0 amide bonds. The van der Waals surface area contributed by atoms with Crippen molar-refractivity contribution in [1.29, 1.82) is 5.26 Å². The first-order valence-electron chi connectivity index (χ1n) is 10.2. The molecule has 0 spiro atoms. The van der Waals surface area contributed by atoms with E-state index in [0.29, 0.717) is 12.0 Å². The van der Waals surface area contributed by atoms with Crippen molar-refractivity contribution in [2.75, 3.05) is 5.32 Å². The molecule has 3 aromatic heterocycles. The predicted octanol–water partition coefficient (Wildman–Crippen LogP) is 3.94. The fourth-order valence-electron chi connectivity index (χ4n) is 4.01. The van der Waals surface area contributed by atoms with Gasteiger partial charge in [-0.2, -0.15) is 5.26 Å². The van der Waals surface area contributed by atoms with Gasteiger partial charge in [-0.15, -0.1) is 0 Å². The Kier molecular flexibility index (Phi) is 4.87. The molecule has 1 saturated carbocycles. The lowest BCUT2D eigenvalue weighted by Gasteiger charge is -2.20. The number of fused-ring (bicyclic) bond motifs is 1. The predicted molar refractivity (Wildman–Crippen MR) is 123 cm³/mol. The van der Waals surface area contributed by atoms with E-state index in [-0.39, 0.29) is 16.3 Å². The zero-order valence-electron chi connectivity index (χ0n) is 17.3. The number of nitriles is 1. The number of aryl methyl sites for hydroxylation is 1. The van der Waals surface area contributed by atoms with E-state index in [1.165, 1.54) is 0 Å². The molecule has 158 valence electrons. The molecule has 1 N–H and O–H groups in total. The molecule has 0 atom stereocenters. The van der Waals surface area contributed by atoms with Gasteiger partial charge >= 0.3 is 0 Å². The monoisotopic (exact) mass is 442 g/mol. The van der Waals surface area contributed by atoms with Crippen LogP contribution in [-0.2, 0) is 19.0 Å². The third-order valence-electron chi connectivity index (χ3n) is 5.93. The maximum Gasteiger partial charge on any atom is 0.252 e. The Labute approximate surface area is 189 Å². The molecule has 0 saturated heterocycles. The van der Waals surface area contributed by atoms with E-state index in [9.17, 15) is 10.1 Å². The molecule has 0 unspecified atom stereocenters. The highest BCUT2D eigenvalue weighted by Gasteiger charge is 2.47. The number of anilines is 1. The minimum atomic E-state index is -0.358. The SMILES string of the molecule is Cn1c(=O)cc(NC2(c3ncccn3)CC2)c2cc(Cc3ccnc(Cl)c3C#N)ccc21. The van der Waals surface area contributed by atoms with Crippen LogP contribution in [0, 0.1) is 11.3 Å². The number of aromatic nitrogens is 4. The van der Waals surface area contributed by atoms with Crippen molar-refractivity contribution < 1.29 is 0 Å². The second-order valence-corrected chi connectivity index (χ2v) is 8.37. The maximum atomic E-state index is 12.6. The Morgan fingerprint density at radius 2 is 1.94 bits per heavy atom. The summed E-state index contributed by atoms with van der Waals surface area (Å²) in [5.41, 5.74) is 3.31. The van der Waals surface area contributed by atoms with Crippen LogP contribution in [0.4, 0.5) is 5.69 Å². The Balaban J connectivity index is 1.59. The first-order valence-corrected chi connectivity index (χ1v) is 10.6. The molecule has 8 heteroatoms. The van der Waals surface area contributed by atoms with E-state index in [1.807, 2.05) is 12.1 Å². The number of benzene rings is 1. The lowest BCUT2D eigenvalue weighted by Crippen LogP contribution is -2.24. The van der Waals surface area contributed by atoms with Gasteiger partial charge in [-0.05, 0) is 54.7 Å². The summed E-state index contributed by atoms with van der Waals surface area (Å²) in [6.07, 6.45) is 7.39. The van der Waals surface area contributed by atoms with Crippen LogP contribution in [0.25, 0.3) is 10.9 Å². The van der Waals surface area contributed by atoms with Crippen molar-refractivity contribution >= 4 is 28.2 Å². The van der Waals surface area contributed by atoms with Crippen molar-refractivity contribution in [1.82, 2.24) is 19.5 Å². The zero-order valence-corrected chi connectivity index (χ0v) is 18.1. The molecule has 0 radical (unpaired) electrons. The fourth-order valence-corrected chi connectivity index (χ4v) is 4.23. The average Bonchev–Trinajstić information content (AvgIpc) is 3.59. The van der Waals surface area contributed by atoms with Crippen LogP contribution < -0.4 is 10.9 Å². The van der Waals surface area contributed by atoms with E-state index >= 15 is 0 Å². The Morgan fingerprint density at radius 3 is 2.66 bits per heavy atom. The third-order valence-corrected chi connectivity index (χ3v) is 6.21. The first-order chi connectivity index (χ1) is 15.5. The fraction of sp³-hybridized carbons (Fsp3) is 0.208. The van der Waals surface area contributed by atoms with Gasteiger partial charge in [0.2, 0.25) is 0 Å². The molecule has 1 aliphatic rings. The van der Waals surface area contributed by atoms with Crippen LogP contribution in [0.2, 0.25) is 5.15 Å². The van der Waals surface area contributed by atoms with E-state index < -0.39 is 0 Å². The molecule has 1 aromatic carbocycles. The summed E-state index contributed by atoms with van der Waals surface area (Å²) in [6, 6.07) is 13.3. The number of hydrogen-bond acceptors (Lipinski definition) is 6. The summed E-state index contributed by atoms with van der Waals surface area (Å²) >= 11 is 6.10. The number of rotatable bonds is 5. The number of nitrogens with zero attached hydrogens (tertiary/aromatic N) is 5. The van der Waals surface area contributed by atoms with Gasteiger partial charge in [-0.25, -0.2) is 15.0 Å². The summed E-state index contributed by atoms with van der Waals surface area (Å²) in [5, 5.41) is 14.2. The summed E-state index contributed by atoms with van der Waals surface area (Å²) in [6.45, 7) is 0. The summed E-state index contributed by atoms with van der Waals surface area (Å²) in [7, 11) is 1.76.